The topological polar surface area (TPSA) is 72.2 Å². The fourth-order valence-electron chi connectivity index (χ4n) is 1.50. The molecule has 0 atom stereocenters. The van der Waals surface area contributed by atoms with Gasteiger partial charge in [0.2, 0.25) is 10.0 Å². The van der Waals surface area contributed by atoms with Crippen LogP contribution in [0, 0.1) is 6.92 Å². The van der Waals surface area contributed by atoms with Gasteiger partial charge in [0.05, 0.1) is 4.90 Å². The summed E-state index contributed by atoms with van der Waals surface area (Å²) >= 11 is 0. The molecule has 5 heteroatoms. The zero-order valence-electron chi connectivity index (χ0n) is 10.4. The highest BCUT2D eigenvalue weighted by molar-refractivity contribution is 7.89. The smallest absolute Gasteiger partial charge is 0.240 e. The summed E-state index contributed by atoms with van der Waals surface area (Å²) in [6.45, 7) is 4.77. The van der Waals surface area contributed by atoms with E-state index in [2.05, 4.69) is 4.72 Å². The van der Waals surface area contributed by atoms with Crippen LogP contribution >= 0.6 is 0 Å². The van der Waals surface area contributed by atoms with Crippen LogP contribution in [0.15, 0.2) is 23.1 Å². The number of unbranched alkanes of at least 4 members (excludes halogenated alkanes) is 1. The van der Waals surface area contributed by atoms with Gasteiger partial charge in [0.25, 0.3) is 0 Å². The van der Waals surface area contributed by atoms with E-state index in [9.17, 15) is 8.42 Å². The number of nitrogens with one attached hydrogen (secondary N) is 1. The van der Waals surface area contributed by atoms with Crippen LogP contribution in [0.1, 0.15) is 30.9 Å². The van der Waals surface area contributed by atoms with Gasteiger partial charge in [-0.15, -0.1) is 0 Å². The molecule has 1 rings (SSSR count). The molecule has 0 aromatic heterocycles. The molecule has 0 amide bonds. The SMILES string of the molecule is CCCCNS(=O)(=O)c1ccc(C)c(CN)c1. The van der Waals surface area contributed by atoms with Crippen molar-refractivity contribution in [3.8, 4) is 0 Å². The van der Waals surface area contributed by atoms with Crippen LogP contribution in [0.4, 0.5) is 0 Å². The number of aryl methyl sites for hydroxylation is 1. The van der Waals surface area contributed by atoms with Crippen LogP contribution in [-0.4, -0.2) is 15.0 Å². The van der Waals surface area contributed by atoms with Gasteiger partial charge in [-0.05, 0) is 36.6 Å². The molecule has 0 heterocycles. The number of hydrogen-bond donors (Lipinski definition) is 2. The molecule has 1 aromatic rings. The predicted molar refractivity (Wildman–Crippen MR) is 69.2 cm³/mol. The van der Waals surface area contributed by atoms with E-state index in [1.54, 1.807) is 18.2 Å². The number of benzene rings is 1. The molecule has 0 radical (unpaired) electrons. The number of nitrogens with two attached hydrogens (primary N) is 1. The Balaban J connectivity index is 2.91. The first kappa shape index (κ1) is 14.2. The van der Waals surface area contributed by atoms with Gasteiger partial charge >= 0.3 is 0 Å². The zero-order chi connectivity index (χ0) is 12.9. The highest BCUT2D eigenvalue weighted by Gasteiger charge is 2.13. The Kier molecular flexibility index (Phi) is 5.11. The second-order valence-corrected chi connectivity index (χ2v) is 5.81. The second-order valence-electron chi connectivity index (χ2n) is 4.04. The Bertz CT molecular complexity index is 469. The van der Waals surface area contributed by atoms with Gasteiger partial charge in [0.15, 0.2) is 0 Å². The molecule has 0 saturated carbocycles. The van der Waals surface area contributed by atoms with Gasteiger partial charge in [-0.25, -0.2) is 13.1 Å². The van der Waals surface area contributed by atoms with Crippen molar-refractivity contribution in [1.29, 1.82) is 0 Å². The first-order valence-corrected chi connectivity index (χ1v) is 7.29. The fraction of sp³-hybridized carbons (Fsp3) is 0.500. The Morgan fingerprint density at radius 3 is 2.65 bits per heavy atom. The van der Waals surface area contributed by atoms with Crippen molar-refractivity contribution in [2.24, 2.45) is 5.73 Å². The lowest BCUT2D eigenvalue weighted by Crippen LogP contribution is -2.25. The Morgan fingerprint density at radius 1 is 1.35 bits per heavy atom. The molecule has 0 bridgehead atoms. The maximum atomic E-state index is 11.9. The number of hydrogen-bond acceptors (Lipinski definition) is 3. The largest absolute Gasteiger partial charge is 0.326 e. The summed E-state index contributed by atoms with van der Waals surface area (Å²) in [6.07, 6.45) is 1.80. The van der Waals surface area contributed by atoms with Gasteiger partial charge in [0, 0.05) is 13.1 Å². The van der Waals surface area contributed by atoms with Crippen molar-refractivity contribution >= 4 is 10.0 Å². The summed E-state index contributed by atoms with van der Waals surface area (Å²) in [5.41, 5.74) is 7.45. The average molecular weight is 256 g/mol. The first-order chi connectivity index (χ1) is 8.01. The quantitative estimate of drug-likeness (QED) is 0.758. The summed E-state index contributed by atoms with van der Waals surface area (Å²) in [5.74, 6) is 0. The van der Waals surface area contributed by atoms with Crippen LogP contribution in [0.5, 0.6) is 0 Å². The molecular weight excluding hydrogens is 236 g/mol. The van der Waals surface area contributed by atoms with Gasteiger partial charge in [-0.2, -0.15) is 0 Å². The van der Waals surface area contributed by atoms with Crippen molar-refractivity contribution < 1.29 is 8.42 Å². The normalized spacial score (nSPS) is 11.7. The van der Waals surface area contributed by atoms with Crippen molar-refractivity contribution in [1.82, 2.24) is 4.72 Å². The van der Waals surface area contributed by atoms with E-state index in [-0.39, 0.29) is 0 Å². The highest BCUT2D eigenvalue weighted by Crippen LogP contribution is 2.15. The molecule has 17 heavy (non-hydrogen) atoms. The van der Waals surface area contributed by atoms with Crippen LogP contribution in [0.3, 0.4) is 0 Å². The van der Waals surface area contributed by atoms with E-state index >= 15 is 0 Å². The second kappa shape index (κ2) is 6.14. The average Bonchev–Trinajstić information content (AvgIpc) is 2.29. The third-order valence-electron chi connectivity index (χ3n) is 2.67. The predicted octanol–water partition coefficient (Wildman–Crippen LogP) is 1.53. The number of sulfonamides is 1. The maximum absolute atomic E-state index is 11.9. The minimum absolute atomic E-state index is 0.291. The van der Waals surface area contributed by atoms with Crippen molar-refractivity contribution in [3.63, 3.8) is 0 Å². The molecule has 1 aromatic carbocycles. The third-order valence-corrected chi connectivity index (χ3v) is 4.13. The molecule has 0 unspecified atom stereocenters. The van der Waals surface area contributed by atoms with E-state index in [0.717, 1.165) is 24.0 Å². The van der Waals surface area contributed by atoms with Gasteiger partial charge in [-0.3, -0.25) is 0 Å². The molecule has 0 aliphatic rings. The van der Waals surface area contributed by atoms with Crippen LogP contribution in [-0.2, 0) is 16.6 Å². The summed E-state index contributed by atoms with van der Waals surface area (Å²) in [6, 6.07) is 5.04. The van der Waals surface area contributed by atoms with Crippen molar-refractivity contribution in [2.75, 3.05) is 6.54 Å². The lowest BCUT2D eigenvalue weighted by molar-refractivity contribution is 0.578. The molecule has 0 aliphatic carbocycles. The molecule has 0 aliphatic heterocycles. The maximum Gasteiger partial charge on any atom is 0.240 e. The number of rotatable bonds is 6. The first-order valence-electron chi connectivity index (χ1n) is 5.80. The summed E-state index contributed by atoms with van der Waals surface area (Å²) in [4.78, 5) is 0.291. The van der Waals surface area contributed by atoms with Crippen molar-refractivity contribution in [2.45, 2.75) is 38.1 Å². The van der Waals surface area contributed by atoms with Crippen LogP contribution in [0.2, 0.25) is 0 Å². The van der Waals surface area contributed by atoms with Gasteiger partial charge in [0.1, 0.15) is 0 Å². The fourth-order valence-corrected chi connectivity index (χ4v) is 2.63. The van der Waals surface area contributed by atoms with E-state index in [1.807, 2.05) is 13.8 Å². The molecule has 0 spiro atoms. The molecular formula is C12H20N2O2S. The molecule has 0 fully saturated rings. The van der Waals surface area contributed by atoms with Crippen molar-refractivity contribution in [3.05, 3.63) is 29.3 Å². The van der Waals surface area contributed by atoms with E-state index < -0.39 is 10.0 Å². The van der Waals surface area contributed by atoms with E-state index in [1.165, 1.54) is 0 Å². The zero-order valence-corrected chi connectivity index (χ0v) is 11.2. The minimum atomic E-state index is -3.39. The standard InChI is InChI=1S/C12H20N2O2S/c1-3-4-7-14-17(15,16)12-6-5-10(2)11(8-12)9-13/h5-6,8,14H,3-4,7,9,13H2,1-2H3. The minimum Gasteiger partial charge on any atom is -0.326 e. The lowest BCUT2D eigenvalue weighted by atomic mass is 10.1. The molecule has 0 saturated heterocycles. The molecule has 3 N–H and O–H groups in total. The van der Waals surface area contributed by atoms with Crippen LogP contribution < -0.4 is 10.5 Å². The Hall–Kier alpha value is -0.910. The van der Waals surface area contributed by atoms with Crippen LogP contribution in [0.25, 0.3) is 0 Å². The van der Waals surface area contributed by atoms with Gasteiger partial charge < -0.3 is 5.73 Å². The summed E-state index contributed by atoms with van der Waals surface area (Å²) in [7, 11) is -3.39. The highest BCUT2D eigenvalue weighted by atomic mass is 32.2. The lowest BCUT2D eigenvalue weighted by Gasteiger charge is -2.09. The monoisotopic (exact) mass is 256 g/mol. The Labute approximate surface area is 103 Å². The Morgan fingerprint density at radius 2 is 2.06 bits per heavy atom. The molecule has 96 valence electrons. The summed E-state index contributed by atoms with van der Waals surface area (Å²) in [5, 5.41) is 0. The van der Waals surface area contributed by atoms with E-state index in [0.29, 0.717) is 18.0 Å². The van der Waals surface area contributed by atoms with Gasteiger partial charge in [-0.1, -0.05) is 19.4 Å². The summed E-state index contributed by atoms with van der Waals surface area (Å²) < 4.78 is 26.4. The molecule has 4 nitrogen and oxygen atoms in total. The van der Waals surface area contributed by atoms with E-state index in [4.69, 9.17) is 5.73 Å². The third kappa shape index (κ3) is 3.80.